The molecule has 0 aliphatic carbocycles. The zero-order chi connectivity index (χ0) is 17.0. The molecule has 0 fully saturated rings. The Hall–Kier alpha value is -2.59. The summed E-state index contributed by atoms with van der Waals surface area (Å²) < 4.78 is 0. The number of carboxylic acids is 1. The Bertz CT molecular complexity index is 797. The molecule has 2 aromatic carbocycles. The normalized spacial score (nSPS) is 11.2. The van der Waals surface area contributed by atoms with Gasteiger partial charge in [-0.05, 0) is 49.2 Å². The summed E-state index contributed by atoms with van der Waals surface area (Å²) in [6.45, 7) is 3.63. The van der Waals surface area contributed by atoms with Crippen LogP contribution in [0.5, 0.6) is 0 Å². The van der Waals surface area contributed by atoms with Crippen LogP contribution < -0.4 is 5.32 Å². The number of carbonyl (C=O) groups excluding carboxylic acids is 1. The van der Waals surface area contributed by atoms with Crippen LogP contribution in [0.15, 0.2) is 48.0 Å². The fourth-order valence-electron chi connectivity index (χ4n) is 2.07. The first-order chi connectivity index (χ1) is 10.9. The Balaban J connectivity index is 2.27. The molecule has 2 rings (SSSR count). The maximum absolute atomic E-state index is 12.3. The standard InChI is InChI=1S/C18H16ClNO3/c1-11-5-3-4-6-13(11)9-12(2)17(21)20-16-10-14(19)7-8-15(16)18(22)23/h3-10H,1-2H3,(H,20,21)(H,22,23). The van der Waals surface area contributed by atoms with Crippen molar-refractivity contribution in [3.8, 4) is 0 Å². The van der Waals surface area contributed by atoms with E-state index < -0.39 is 5.97 Å². The van der Waals surface area contributed by atoms with Gasteiger partial charge in [-0.2, -0.15) is 0 Å². The number of aryl methyl sites for hydroxylation is 1. The molecule has 23 heavy (non-hydrogen) atoms. The van der Waals surface area contributed by atoms with Crippen LogP contribution in [0, 0.1) is 6.92 Å². The maximum atomic E-state index is 12.3. The van der Waals surface area contributed by atoms with Crippen LogP contribution in [-0.4, -0.2) is 17.0 Å². The third kappa shape index (κ3) is 4.20. The van der Waals surface area contributed by atoms with Gasteiger partial charge in [0.25, 0.3) is 5.91 Å². The Morgan fingerprint density at radius 1 is 1.17 bits per heavy atom. The summed E-state index contributed by atoms with van der Waals surface area (Å²) in [5.41, 5.74) is 2.62. The highest BCUT2D eigenvalue weighted by Gasteiger charge is 2.14. The number of carboxylic acid groups (broad SMARTS) is 1. The van der Waals surface area contributed by atoms with E-state index in [2.05, 4.69) is 5.32 Å². The summed E-state index contributed by atoms with van der Waals surface area (Å²) in [6.07, 6.45) is 1.76. The molecule has 2 N–H and O–H groups in total. The minimum absolute atomic E-state index is 0.00792. The number of amides is 1. The lowest BCUT2D eigenvalue weighted by atomic mass is 10.1. The molecule has 0 aliphatic rings. The number of carbonyl (C=O) groups is 2. The van der Waals surface area contributed by atoms with Gasteiger partial charge in [0.1, 0.15) is 0 Å². The third-order valence-electron chi connectivity index (χ3n) is 3.38. The molecule has 0 unspecified atom stereocenters. The van der Waals surface area contributed by atoms with Crippen molar-refractivity contribution in [2.24, 2.45) is 0 Å². The van der Waals surface area contributed by atoms with E-state index >= 15 is 0 Å². The van der Waals surface area contributed by atoms with E-state index in [4.69, 9.17) is 11.6 Å². The molecule has 0 saturated carbocycles. The summed E-state index contributed by atoms with van der Waals surface area (Å²) in [5, 5.41) is 12.1. The van der Waals surface area contributed by atoms with E-state index in [1.54, 1.807) is 13.0 Å². The number of hydrogen-bond donors (Lipinski definition) is 2. The second-order valence-electron chi connectivity index (χ2n) is 5.13. The Kier molecular flexibility index (Phi) is 5.19. The molecule has 0 aromatic heterocycles. The van der Waals surface area contributed by atoms with Gasteiger partial charge in [-0.25, -0.2) is 4.79 Å². The van der Waals surface area contributed by atoms with Crippen LogP contribution in [0.2, 0.25) is 5.02 Å². The van der Waals surface area contributed by atoms with Crippen molar-refractivity contribution in [3.05, 3.63) is 69.8 Å². The minimum atomic E-state index is -1.13. The molecule has 1 amide bonds. The number of halogens is 1. The molecule has 0 atom stereocenters. The number of nitrogens with one attached hydrogen (secondary N) is 1. The van der Waals surface area contributed by atoms with Gasteiger partial charge in [0.15, 0.2) is 0 Å². The number of hydrogen-bond acceptors (Lipinski definition) is 2. The summed E-state index contributed by atoms with van der Waals surface area (Å²) in [7, 11) is 0. The SMILES string of the molecule is CC(=Cc1ccccc1C)C(=O)Nc1cc(Cl)ccc1C(=O)O. The van der Waals surface area contributed by atoms with Crippen molar-refractivity contribution < 1.29 is 14.7 Å². The Morgan fingerprint density at radius 2 is 1.87 bits per heavy atom. The van der Waals surface area contributed by atoms with Gasteiger partial charge in [-0.1, -0.05) is 35.9 Å². The van der Waals surface area contributed by atoms with Crippen LogP contribution in [0.1, 0.15) is 28.4 Å². The molecule has 0 aliphatic heterocycles. The summed E-state index contributed by atoms with van der Waals surface area (Å²) in [6, 6.07) is 11.9. The topological polar surface area (TPSA) is 66.4 Å². The van der Waals surface area contributed by atoms with Gasteiger partial charge in [-0.15, -0.1) is 0 Å². The quantitative estimate of drug-likeness (QED) is 0.817. The van der Waals surface area contributed by atoms with Gasteiger partial charge >= 0.3 is 5.97 Å². The van der Waals surface area contributed by atoms with Crippen LogP contribution in [0.25, 0.3) is 6.08 Å². The molecule has 0 radical (unpaired) electrons. The summed E-state index contributed by atoms with van der Waals surface area (Å²) >= 11 is 5.88. The van der Waals surface area contributed by atoms with Gasteiger partial charge in [-0.3, -0.25) is 4.79 Å². The first-order valence-corrected chi connectivity index (χ1v) is 7.34. The Morgan fingerprint density at radius 3 is 2.52 bits per heavy atom. The lowest BCUT2D eigenvalue weighted by Gasteiger charge is -2.10. The number of anilines is 1. The highest BCUT2D eigenvalue weighted by atomic mass is 35.5. The van der Waals surface area contributed by atoms with Crippen molar-refractivity contribution >= 4 is 35.2 Å². The first-order valence-electron chi connectivity index (χ1n) is 6.96. The molecule has 5 heteroatoms. The van der Waals surface area contributed by atoms with Crippen LogP contribution in [-0.2, 0) is 4.79 Å². The largest absolute Gasteiger partial charge is 0.478 e. The van der Waals surface area contributed by atoms with Gasteiger partial charge in [0, 0.05) is 10.6 Å². The molecule has 0 bridgehead atoms. The predicted molar refractivity (Wildman–Crippen MR) is 91.9 cm³/mol. The summed E-state index contributed by atoms with van der Waals surface area (Å²) in [4.78, 5) is 23.5. The zero-order valence-electron chi connectivity index (χ0n) is 12.8. The molecule has 118 valence electrons. The molecule has 2 aromatic rings. The Labute approximate surface area is 139 Å². The van der Waals surface area contributed by atoms with E-state index in [1.807, 2.05) is 31.2 Å². The van der Waals surface area contributed by atoms with Crippen LogP contribution >= 0.6 is 11.6 Å². The van der Waals surface area contributed by atoms with Crippen molar-refractivity contribution in [1.82, 2.24) is 0 Å². The number of rotatable bonds is 4. The molecule has 0 heterocycles. The van der Waals surface area contributed by atoms with E-state index in [0.29, 0.717) is 10.6 Å². The van der Waals surface area contributed by atoms with Gasteiger partial charge in [0.05, 0.1) is 11.3 Å². The fraction of sp³-hybridized carbons (Fsp3) is 0.111. The third-order valence-corrected chi connectivity index (χ3v) is 3.61. The molecule has 0 saturated heterocycles. The van der Waals surface area contributed by atoms with Crippen molar-refractivity contribution in [2.45, 2.75) is 13.8 Å². The van der Waals surface area contributed by atoms with E-state index in [9.17, 15) is 14.7 Å². The average Bonchev–Trinajstić information content (AvgIpc) is 2.49. The van der Waals surface area contributed by atoms with E-state index in [-0.39, 0.29) is 17.2 Å². The summed E-state index contributed by atoms with van der Waals surface area (Å²) in [5.74, 6) is -1.50. The molecular formula is C18H16ClNO3. The fourth-order valence-corrected chi connectivity index (χ4v) is 2.25. The second-order valence-corrected chi connectivity index (χ2v) is 5.57. The maximum Gasteiger partial charge on any atom is 0.337 e. The highest BCUT2D eigenvalue weighted by molar-refractivity contribution is 6.31. The van der Waals surface area contributed by atoms with Crippen molar-refractivity contribution in [1.29, 1.82) is 0 Å². The zero-order valence-corrected chi connectivity index (χ0v) is 13.5. The van der Waals surface area contributed by atoms with Crippen molar-refractivity contribution in [2.75, 3.05) is 5.32 Å². The lowest BCUT2D eigenvalue weighted by molar-refractivity contribution is -0.112. The van der Waals surface area contributed by atoms with Crippen LogP contribution in [0.4, 0.5) is 5.69 Å². The number of benzene rings is 2. The van der Waals surface area contributed by atoms with Crippen molar-refractivity contribution in [3.63, 3.8) is 0 Å². The highest BCUT2D eigenvalue weighted by Crippen LogP contribution is 2.22. The van der Waals surface area contributed by atoms with Gasteiger partial charge < -0.3 is 10.4 Å². The monoisotopic (exact) mass is 329 g/mol. The first kappa shape index (κ1) is 16.8. The molecule has 4 nitrogen and oxygen atoms in total. The molecular weight excluding hydrogens is 314 g/mol. The lowest BCUT2D eigenvalue weighted by Crippen LogP contribution is -2.15. The predicted octanol–water partition coefficient (Wildman–Crippen LogP) is 4.39. The average molecular weight is 330 g/mol. The van der Waals surface area contributed by atoms with Crippen LogP contribution in [0.3, 0.4) is 0 Å². The van der Waals surface area contributed by atoms with Gasteiger partial charge in [0.2, 0.25) is 0 Å². The second kappa shape index (κ2) is 7.11. The van der Waals surface area contributed by atoms with E-state index in [0.717, 1.165) is 11.1 Å². The minimum Gasteiger partial charge on any atom is -0.478 e. The molecule has 0 spiro atoms. The van der Waals surface area contributed by atoms with E-state index in [1.165, 1.54) is 18.2 Å². The number of aromatic carboxylic acids is 1. The smallest absolute Gasteiger partial charge is 0.337 e.